The van der Waals surface area contributed by atoms with E-state index in [4.69, 9.17) is 9.84 Å². The lowest BCUT2D eigenvalue weighted by Gasteiger charge is -2.30. The van der Waals surface area contributed by atoms with Crippen molar-refractivity contribution >= 4 is 5.97 Å². The Balaban J connectivity index is 2.28. The van der Waals surface area contributed by atoms with E-state index in [2.05, 4.69) is 4.90 Å². The van der Waals surface area contributed by atoms with E-state index in [0.717, 1.165) is 18.7 Å². The molecule has 0 aromatic heterocycles. The van der Waals surface area contributed by atoms with Gasteiger partial charge in [-0.2, -0.15) is 0 Å². The van der Waals surface area contributed by atoms with Crippen LogP contribution in [0.5, 0.6) is 0 Å². The van der Waals surface area contributed by atoms with Crippen LogP contribution in [0.2, 0.25) is 0 Å². The molecule has 86 valence electrons. The Bertz CT molecular complexity index is 392. The average Bonchev–Trinajstić information content (AvgIpc) is 2.29. The smallest absolute Gasteiger partial charge is 0.336 e. The second-order valence-electron chi connectivity index (χ2n) is 4.01. The van der Waals surface area contributed by atoms with Gasteiger partial charge in [-0.15, -0.1) is 0 Å². The van der Waals surface area contributed by atoms with Gasteiger partial charge in [-0.05, 0) is 18.7 Å². The number of ether oxygens (including phenoxy) is 1. The molecular weight excluding hydrogens is 206 g/mol. The first-order valence-corrected chi connectivity index (χ1v) is 5.31. The molecule has 1 unspecified atom stereocenters. The monoisotopic (exact) mass is 221 g/mol. The fraction of sp³-hybridized carbons (Fsp3) is 0.417. The summed E-state index contributed by atoms with van der Waals surface area (Å²) in [5.74, 6) is -0.896. The highest BCUT2D eigenvalue weighted by atomic mass is 16.5. The van der Waals surface area contributed by atoms with Gasteiger partial charge in [-0.3, -0.25) is 0 Å². The molecular formula is C12H15NO3. The number of rotatable bonds is 2. The molecule has 1 fully saturated rings. The van der Waals surface area contributed by atoms with E-state index < -0.39 is 5.97 Å². The van der Waals surface area contributed by atoms with Crippen molar-refractivity contribution in [1.29, 1.82) is 0 Å². The lowest BCUT2D eigenvalue weighted by molar-refractivity contribution is -0.0214. The van der Waals surface area contributed by atoms with Crippen LogP contribution in [0.4, 0.5) is 0 Å². The topological polar surface area (TPSA) is 49.8 Å². The number of likely N-dealkylation sites (N-methyl/N-ethyl adjacent to an activating group) is 1. The quantitative estimate of drug-likeness (QED) is 0.819. The molecule has 0 amide bonds. The molecule has 1 N–H and O–H groups in total. The Morgan fingerprint density at radius 2 is 2.25 bits per heavy atom. The Morgan fingerprint density at radius 1 is 1.50 bits per heavy atom. The summed E-state index contributed by atoms with van der Waals surface area (Å²) in [6, 6.07) is 7.03. The predicted octanol–water partition coefficient (Wildman–Crippen LogP) is 1.39. The molecule has 1 saturated heterocycles. The van der Waals surface area contributed by atoms with Gasteiger partial charge in [0.05, 0.1) is 18.3 Å². The van der Waals surface area contributed by atoms with Crippen molar-refractivity contribution in [2.45, 2.75) is 6.10 Å². The maximum Gasteiger partial charge on any atom is 0.336 e. The maximum atomic E-state index is 11.1. The first-order chi connectivity index (χ1) is 7.68. The number of aromatic carboxylic acids is 1. The molecule has 4 nitrogen and oxygen atoms in total. The molecule has 2 rings (SSSR count). The molecule has 1 aliphatic heterocycles. The van der Waals surface area contributed by atoms with Crippen molar-refractivity contribution < 1.29 is 14.6 Å². The Labute approximate surface area is 94.4 Å². The third-order valence-electron chi connectivity index (χ3n) is 2.81. The minimum atomic E-state index is -0.896. The van der Waals surface area contributed by atoms with Crippen molar-refractivity contribution in [3.63, 3.8) is 0 Å². The minimum Gasteiger partial charge on any atom is -0.478 e. The summed E-state index contributed by atoms with van der Waals surface area (Å²) in [7, 11) is 2.01. The van der Waals surface area contributed by atoms with Crippen molar-refractivity contribution in [3.8, 4) is 0 Å². The fourth-order valence-corrected chi connectivity index (χ4v) is 1.94. The standard InChI is InChI=1S/C12H15NO3/c1-13-6-7-16-11(8-13)9-4-2-3-5-10(9)12(14)15/h2-5,11H,6-8H2,1H3,(H,14,15). The highest BCUT2D eigenvalue weighted by Gasteiger charge is 2.23. The third kappa shape index (κ3) is 2.23. The summed E-state index contributed by atoms with van der Waals surface area (Å²) >= 11 is 0. The van der Waals surface area contributed by atoms with Crippen molar-refractivity contribution in [1.82, 2.24) is 4.90 Å². The second kappa shape index (κ2) is 4.63. The van der Waals surface area contributed by atoms with Gasteiger partial charge in [0.15, 0.2) is 0 Å². The van der Waals surface area contributed by atoms with Gasteiger partial charge in [0.1, 0.15) is 0 Å². The van der Waals surface area contributed by atoms with Crippen LogP contribution in [0.15, 0.2) is 24.3 Å². The highest BCUT2D eigenvalue weighted by molar-refractivity contribution is 5.89. The number of morpholine rings is 1. The normalized spacial score (nSPS) is 21.9. The van der Waals surface area contributed by atoms with E-state index in [-0.39, 0.29) is 6.10 Å². The van der Waals surface area contributed by atoms with Crippen LogP contribution in [0.25, 0.3) is 0 Å². The minimum absolute atomic E-state index is 0.133. The van der Waals surface area contributed by atoms with E-state index >= 15 is 0 Å². The Kier molecular flexibility index (Phi) is 3.22. The SMILES string of the molecule is CN1CCOC(c2ccccc2C(=O)O)C1. The number of hydrogen-bond donors (Lipinski definition) is 1. The fourth-order valence-electron chi connectivity index (χ4n) is 1.94. The van der Waals surface area contributed by atoms with Crippen LogP contribution < -0.4 is 0 Å². The molecule has 0 radical (unpaired) electrons. The van der Waals surface area contributed by atoms with Gasteiger partial charge in [-0.25, -0.2) is 4.79 Å². The van der Waals surface area contributed by atoms with Crippen molar-refractivity contribution in [2.75, 3.05) is 26.7 Å². The van der Waals surface area contributed by atoms with Crippen LogP contribution in [0.3, 0.4) is 0 Å². The van der Waals surface area contributed by atoms with Crippen LogP contribution in [0.1, 0.15) is 22.0 Å². The third-order valence-corrected chi connectivity index (χ3v) is 2.81. The number of carboxylic acid groups (broad SMARTS) is 1. The summed E-state index contributed by atoms with van der Waals surface area (Å²) in [4.78, 5) is 13.2. The van der Waals surface area contributed by atoms with E-state index in [1.165, 1.54) is 0 Å². The average molecular weight is 221 g/mol. The summed E-state index contributed by atoms with van der Waals surface area (Å²) < 4.78 is 5.62. The predicted molar refractivity (Wildman–Crippen MR) is 59.6 cm³/mol. The van der Waals surface area contributed by atoms with E-state index in [1.54, 1.807) is 12.1 Å². The molecule has 0 spiro atoms. The molecule has 1 aliphatic rings. The van der Waals surface area contributed by atoms with Crippen LogP contribution in [-0.2, 0) is 4.74 Å². The number of benzene rings is 1. The molecule has 1 heterocycles. The summed E-state index contributed by atoms with van der Waals surface area (Å²) in [6.45, 7) is 2.28. The molecule has 1 aromatic carbocycles. The van der Waals surface area contributed by atoms with Gasteiger partial charge in [-0.1, -0.05) is 18.2 Å². The molecule has 1 atom stereocenters. The molecule has 4 heteroatoms. The largest absolute Gasteiger partial charge is 0.478 e. The van der Waals surface area contributed by atoms with Gasteiger partial charge < -0.3 is 14.7 Å². The zero-order valence-electron chi connectivity index (χ0n) is 9.22. The van der Waals surface area contributed by atoms with Gasteiger partial charge >= 0.3 is 5.97 Å². The Hall–Kier alpha value is -1.39. The molecule has 0 bridgehead atoms. The number of hydrogen-bond acceptors (Lipinski definition) is 3. The summed E-state index contributed by atoms with van der Waals surface area (Å²) in [5.41, 5.74) is 1.10. The molecule has 16 heavy (non-hydrogen) atoms. The Morgan fingerprint density at radius 3 is 2.94 bits per heavy atom. The number of carboxylic acids is 1. The second-order valence-corrected chi connectivity index (χ2v) is 4.01. The van der Waals surface area contributed by atoms with Crippen molar-refractivity contribution in [3.05, 3.63) is 35.4 Å². The first-order valence-electron chi connectivity index (χ1n) is 5.31. The van der Waals surface area contributed by atoms with Crippen molar-refractivity contribution in [2.24, 2.45) is 0 Å². The van der Waals surface area contributed by atoms with Crippen LogP contribution in [-0.4, -0.2) is 42.7 Å². The number of carbonyl (C=O) groups is 1. The number of nitrogens with zero attached hydrogens (tertiary/aromatic N) is 1. The van der Waals surface area contributed by atoms with E-state index in [0.29, 0.717) is 12.2 Å². The maximum absolute atomic E-state index is 11.1. The van der Waals surface area contributed by atoms with Gasteiger partial charge in [0.2, 0.25) is 0 Å². The lowest BCUT2D eigenvalue weighted by Crippen LogP contribution is -2.35. The van der Waals surface area contributed by atoms with Crippen LogP contribution in [0, 0.1) is 0 Å². The zero-order valence-corrected chi connectivity index (χ0v) is 9.22. The molecule has 0 saturated carbocycles. The van der Waals surface area contributed by atoms with Gasteiger partial charge in [0.25, 0.3) is 0 Å². The van der Waals surface area contributed by atoms with Gasteiger partial charge in [0, 0.05) is 13.1 Å². The molecule has 0 aliphatic carbocycles. The lowest BCUT2D eigenvalue weighted by atomic mass is 10.0. The van der Waals surface area contributed by atoms with E-state index in [9.17, 15) is 4.79 Å². The zero-order chi connectivity index (χ0) is 11.5. The van der Waals surface area contributed by atoms with E-state index in [1.807, 2.05) is 19.2 Å². The summed E-state index contributed by atoms with van der Waals surface area (Å²) in [6.07, 6.45) is -0.133. The van der Waals surface area contributed by atoms with Crippen LogP contribution >= 0.6 is 0 Å². The highest BCUT2D eigenvalue weighted by Crippen LogP contribution is 2.24. The summed E-state index contributed by atoms with van der Waals surface area (Å²) in [5, 5.41) is 9.09. The molecule has 1 aromatic rings. The first kappa shape index (κ1) is 11.1.